The molecule has 0 fully saturated rings. The van der Waals surface area contributed by atoms with E-state index in [2.05, 4.69) is 15.1 Å². The summed E-state index contributed by atoms with van der Waals surface area (Å²) in [5.74, 6) is -1.81. The molecule has 3 aromatic carbocycles. The van der Waals surface area contributed by atoms with Gasteiger partial charge in [-0.25, -0.2) is 4.85 Å². The molecule has 0 amide bonds. The fourth-order valence-corrected chi connectivity index (χ4v) is 4.53. The van der Waals surface area contributed by atoms with Crippen LogP contribution in [0.1, 0.15) is 43.0 Å². The largest absolute Gasteiger partial charge is 0.507 e. The number of hydrogen-bond donors (Lipinski definition) is 2. The summed E-state index contributed by atoms with van der Waals surface area (Å²) in [7, 11) is 0. The fraction of sp³-hybridized carbons (Fsp3) is 0.103. The van der Waals surface area contributed by atoms with Gasteiger partial charge in [-0.1, -0.05) is 54.6 Å². The van der Waals surface area contributed by atoms with Gasteiger partial charge in [0.05, 0.1) is 23.4 Å². The molecular formula is C29H20N4O5. The number of nitrogens with zero attached hydrogens (tertiary/aromatic N) is 4. The second-order valence-electron chi connectivity index (χ2n) is 8.71. The average molecular weight is 505 g/mol. The van der Waals surface area contributed by atoms with Crippen LogP contribution < -0.4 is 5.56 Å². The van der Waals surface area contributed by atoms with Crippen LogP contribution in [0.2, 0.25) is 0 Å². The molecule has 9 heteroatoms. The van der Waals surface area contributed by atoms with Crippen LogP contribution in [0, 0.1) is 13.5 Å². The zero-order valence-corrected chi connectivity index (χ0v) is 20.2. The number of hydrogen-bond acceptors (Lipinski definition) is 7. The highest BCUT2D eigenvalue weighted by atomic mass is 16.3. The summed E-state index contributed by atoms with van der Waals surface area (Å²) in [6.45, 7) is 9.10. The SMILES string of the molecule is [C-]#[N+]c1c(C)c(N=Nc2cccc3c2C(=O)c2c(O)cccc2C3=O)c(=O)n(CCc2ccccc2)c1O. The molecular weight excluding hydrogens is 484 g/mol. The minimum absolute atomic E-state index is 0.0295. The van der Waals surface area contributed by atoms with Crippen molar-refractivity contribution in [2.75, 3.05) is 0 Å². The molecule has 1 aromatic heterocycles. The number of pyridine rings is 1. The lowest BCUT2D eigenvalue weighted by Gasteiger charge is -2.19. The Morgan fingerprint density at radius 1 is 0.842 bits per heavy atom. The summed E-state index contributed by atoms with van der Waals surface area (Å²) >= 11 is 0. The van der Waals surface area contributed by atoms with Crippen LogP contribution in [0.4, 0.5) is 17.1 Å². The maximum absolute atomic E-state index is 13.3. The molecule has 9 nitrogen and oxygen atoms in total. The topological polar surface area (TPSA) is 126 Å². The molecule has 186 valence electrons. The Labute approximate surface area is 216 Å². The second-order valence-corrected chi connectivity index (χ2v) is 8.71. The minimum Gasteiger partial charge on any atom is -0.507 e. The molecule has 0 radical (unpaired) electrons. The van der Waals surface area contributed by atoms with E-state index in [1.807, 2.05) is 30.3 Å². The number of rotatable bonds is 5. The van der Waals surface area contributed by atoms with E-state index in [4.69, 9.17) is 6.57 Å². The first-order valence-electron chi connectivity index (χ1n) is 11.7. The van der Waals surface area contributed by atoms with Gasteiger partial charge in [0.2, 0.25) is 5.69 Å². The number of phenolic OH excluding ortho intramolecular Hbond substituents is 1. The van der Waals surface area contributed by atoms with Gasteiger partial charge in [0.15, 0.2) is 17.4 Å². The smallest absolute Gasteiger partial charge is 0.279 e. The lowest BCUT2D eigenvalue weighted by molar-refractivity contribution is 0.0977. The van der Waals surface area contributed by atoms with Gasteiger partial charge in [-0.3, -0.25) is 19.0 Å². The van der Waals surface area contributed by atoms with E-state index in [0.29, 0.717) is 6.42 Å². The minimum atomic E-state index is -0.651. The molecule has 0 saturated carbocycles. The summed E-state index contributed by atoms with van der Waals surface area (Å²) in [6.07, 6.45) is 0.428. The van der Waals surface area contributed by atoms with E-state index in [1.54, 1.807) is 6.07 Å². The first kappa shape index (κ1) is 24.3. The van der Waals surface area contributed by atoms with E-state index in [0.717, 1.165) is 10.1 Å². The molecule has 0 unspecified atom stereocenters. The number of aromatic hydroxyl groups is 2. The van der Waals surface area contributed by atoms with Gasteiger partial charge in [0.1, 0.15) is 11.4 Å². The van der Waals surface area contributed by atoms with Crippen molar-refractivity contribution in [1.29, 1.82) is 0 Å². The lowest BCUT2D eigenvalue weighted by Crippen LogP contribution is -2.22. The molecule has 0 spiro atoms. The van der Waals surface area contributed by atoms with Gasteiger partial charge in [0, 0.05) is 17.7 Å². The Morgan fingerprint density at radius 3 is 2.24 bits per heavy atom. The number of aromatic nitrogens is 1. The van der Waals surface area contributed by atoms with Crippen molar-refractivity contribution in [3.8, 4) is 11.6 Å². The van der Waals surface area contributed by atoms with E-state index in [-0.39, 0.29) is 57.2 Å². The van der Waals surface area contributed by atoms with Crippen molar-refractivity contribution in [2.45, 2.75) is 19.9 Å². The standard InChI is InChI=1S/C29H20N4O5/c1-16-24(30-2)28(37)33(15-14-17-8-4-3-5-9-17)29(38)25(16)32-31-20-12-6-10-18-22(20)27(36)23-19(26(18)35)11-7-13-21(23)34/h3-13,34,37H,14-15H2,1H3. The lowest BCUT2D eigenvalue weighted by atomic mass is 9.83. The summed E-state index contributed by atoms with van der Waals surface area (Å²) < 4.78 is 1.07. The predicted molar refractivity (Wildman–Crippen MR) is 139 cm³/mol. The monoisotopic (exact) mass is 504 g/mol. The third-order valence-corrected chi connectivity index (χ3v) is 6.49. The summed E-state index contributed by atoms with van der Waals surface area (Å²) in [4.78, 5) is 43.1. The number of benzene rings is 3. The van der Waals surface area contributed by atoms with Gasteiger partial charge in [-0.2, -0.15) is 0 Å². The first-order valence-corrected chi connectivity index (χ1v) is 11.7. The van der Waals surface area contributed by atoms with Gasteiger partial charge in [-0.15, -0.1) is 10.2 Å². The van der Waals surface area contributed by atoms with Crippen LogP contribution >= 0.6 is 0 Å². The second kappa shape index (κ2) is 9.59. The van der Waals surface area contributed by atoms with Crippen molar-refractivity contribution in [3.05, 3.63) is 122 Å². The maximum atomic E-state index is 13.3. The fourth-order valence-electron chi connectivity index (χ4n) is 4.53. The van der Waals surface area contributed by atoms with Gasteiger partial charge < -0.3 is 10.2 Å². The van der Waals surface area contributed by atoms with Crippen molar-refractivity contribution in [2.24, 2.45) is 10.2 Å². The molecule has 0 saturated heterocycles. The van der Waals surface area contributed by atoms with Crippen LogP contribution in [0.25, 0.3) is 4.85 Å². The molecule has 1 aliphatic rings. The summed E-state index contributed by atoms with van der Waals surface area (Å²) in [6, 6.07) is 18.1. The molecule has 1 aliphatic carbocycles. The van der Waals surface area contributed by atoms with Crippen LogP contribution in [0.3, 0.4) is 0 Å². The Morgan fingerprint density at radius 2 is 1.53 bits per heavy atom. The number of carbonyl (C=O) groups is 2. The van der Waals surface area contributed by atoms with E-state index in [1.165, 1.54) is 37.3 Å². The highest BCUT2D eigenvalue weighted by molar-refractivity contribution is 6.30. The molecule has 0 atom stereocenters. The summed E-state index contributed by atoms with van der Waals surface area (Å²) in [5, 5.41) is 29.1. The van der Waals surface area contributed by atoms with Crippen LogP contribution in [-0.2, 0) is 13.0 Å². The molecule has 5 rings (SSSR count). The van der Waals surface area contributed by atoms with Crippen molar-refractivity contribution in [3.63, 3.8) is 0 Å². The van der Waals surface area contributed by atoms with Crippen LogP contribution in [0.5, 0.6) is 11.6 Å². The van der Waals surface area contributed by atoms with Crippen molar-refractivity contribution >= 4 is 28.6 Å². The molecule has 38 heavy (non-hydrogen) atoms. The predicted octanol–water partition coefficient (Wildman–Crippen LogP) is 5.55. The van der Waals surface area contributed by atoms with Gasteiger partial charge >= 0.3 is 0 Å². The maximum Gasteiger partial charge on any atom is 0.279 e. The molecule has 1 heterocycles. The number of ketones is 2. The highest BCUT2D eigenvalue weighted by Gasteiger charge is 2.33. The zero-order chi connectivity index (χ0) is 27.0. The number of fused-ring (bicyclic) bond motifs is 2. The van der Waals surface area contributed by atoms with E-state index in [9.17, 15) is 24.6 Å². The zero-order valence-electron chi connectivity index (χ0n) is 20.2. The third-order valence-electron chi connectivity index (χ3n) is 6.49. The van der Waals surface area contributed by atoms with Crippen LogP contribution in [-0.4, -0.2) is 26.3 Å². The Hall–Kier alpha value is -5.36. The Kier molecular flexibility index (Phi) is 6.15. The number of phenols is 1. The van der Waals surface area contributed by atoms with E-state index < -0.39 is 23.0 Å². The Bertz CT molecular complexity index is 1760. The number of azo groups is 1. The molecule has 4 aromatic rings. The number of aryl methyl sites for hydroxylation is 1. The summed E-state index contributed by atoms with van der Waals surface area (Å²) in [5.41, 5.74) is 0.191. The van der Waals surface area contributed by atoms with Crippen LogP contribution in [0.15, 0.2) is 81.8 Å². The normalized spacial score (nSPS) is 12.3. The number of carbonyl (C=O) groups excluding carboxylic acids is 2. The molecule has 0 aliphatic heterocycles. The van der Waals surface area contributed by atoms with Crippen molar-refractivity contribution in [1.82, 2.24) is 4.57 Å². The first-order chi connectivity index (χ1) is 18.3. The molecule has 2 N–H and O–H groups in total. The highest BCUT2D eigenvalue weighted by Crippen LogP contribution is 2.38. The Balaban J connectivity index is 1.59. The van der Waals surface area contributed by atoms with E-state index >= 15 is 0 Å². The molecule has 0 bridgehead atoms. The quantitative estimate of drug-likeness (QED) is 0.240. The average Bonchev–Trinajstić information content (AvgIpc) is 2.92. The van der Waals surface area contributed by atoms with Gasteiger partial charge in [-0.05, 0) is 36.6 Å². The third kappa shape index (κ3) is 3.94. The van der Waals surface area contributed by atoms with Crippen molar-refractivity contribution < 1.29 is 19.8 Å². The van der Waals surface area contributed by atoms with Gasteiger partial charge in [0.25, 0.3) is 5.56 Å².